The molecule has 2 heterocycles. The molecule has 6 nitrogen and oxygen atoms in total. The highest BCUT2D eigenvalue weighted by Gasteiger charge is 2.22. The molecule has 0 fully saturated rings. The summed E-state index contributed by atoms with van der Waals surface area (Å²) in [6, 6.07) is 15.6. The standard InChI is InChI=1S/C15H12N2O.C10H17N3S/c16-15(18)17-13-7-3-1-5-11(13)9-10-12-6-2-4-8-14(12)17;1-2-5-12-7-3-4-8-9(6-7)14-10(11)13-8/h1-10H,(H2,16,18);7,12H,2-6H2,1H3,(H2,11,13)/t;7-/m.0/s1. The van der Waals surface area contributed by atoms with E-state index < -0.39 is 6.03 Å². The number of aromatic nitrogens is 1. The number of rotatable bonds is 3. The van der Waals surface area contributed by atoms with Crippen molar-refractivity contribution in [2.75, 3.05) is 17.2 Å². The molecule has 166 valence electrons. The topological polar surface area (TPSA) is 97.3 Å². The minimum atomic E-state index is -0.474. The predicted molar refractivity (Wildman–Crippen MR) is 134 cm³/mol. The molecule has 1 aromatic heterocycles. The zero-order valence-corrected chi connectivity index (χ0v) is 19.1. The molecule has 1 atom stereocenters. The number of para-hydroxylation sites is 2. The quantitative estimate of drug-likeness (QED) is 0.528. The Morgan fingerprint density at radius 2 is 1.75 bits per heavy atom. The molecule has 7 heteroatoms. The number of carbonyl (C=O) groups excluding carboxylic acids is 1. The summed E-state index contributed by atoms with van der Waals surface area (Å²) in [4.78, 5) is 19.0. The highest BCUT2D eigenvalue weighted by molar-refractivity contribution is 7.15. The number of amides is 2. The molecule has 1 aliphatic carbocycles. The Balaban J connectivity index is 0.000000158. The van der Waals surface area contributed by atoms with Gasteiger partial charge in [-0.3, -0.25) is 4.90 Å². The lowest BCUT2D eigenvalue weighted by molar-refractivity contribution is 0.256. The molecule has 0 radical (unpaired) electrons. The highest BCUT2D eigenvalue weighted by atomic mass is 32.1. The van der Waals surface area contributed by atoms with Crippen molar-refractivity contribution >= 4 is 46.0 Å². The van der Waals surface area contributed by atoms with E-state index in [0.717, 1.165) is 47.0 Å². The number of nitrogens with one attached hydrogen (secondary N) is 1. The first kappa shape index (κ1) is 22.0. The first-order chi connectivity index (χ1) is 15.6. The molecule has 5 rings (SSSR count). The average Bonchev–Trinajstić information content (AvgIpc) is 3.08. The fourth-order valence-corrected chi connectivity index (χ4v) is 5.09. The van der Waals surface area contributed by atoms with Crippen LogP contribution in [0.3, 0.4) is 0 Å². The zero-order chi connectivity index (χ0) is 22.5. The fraction of sp³-hybridized carbons (Fsp3) is 0.280. The van der Waals surface area contributed by atoms with E-state index in [1.165, 1.54) is 23.4 Å². The van der Waals surface area contributed by atoms with Gasteiger partial charge >= 0.3 is 6.03 Å². The molecule has 3 aromatic rings. The van der Waals surface area contributed by atoms with Gasteiger partial charge in [0, 0.05) is 10.9 Å². The molecule has 2 aromatic carbocycles. The van der Waals surface area contributed by atoms with Gasteiger partial charge in [0.1, 0.15) is 0 Å². The summed E-state index contributed by atoms with van der Waals surface area (Å²) >= 11 is 1.65. The average molecular weight is 448 g/mol. The Labute approximate surface area is 193 Å². The number of aryl methyl sites for hydroxylation is 1. The maximum Gasteiger partial charge on any atom is 0.323 e. The Morgan fingerprint density at radius 3 is 2.34 bits per heavy atom. The molecule has 2 amide bonds. The maximum atomic E-state index is 11.8. The van der Waals surface area contributed by atoms with Crippen molar-refractivity contribution in [1.82, 2.24) is 10.3 Å². The summed E-state index contributed by atoms with van der Waals surface area (Å²) in [5, 5.41) is 4.29. The second-order valence-corrected chi connectivity index (χ2v) is 9.06. The summed E-state index contributed by atoms with van der Waals surface area (Å²) in [7, 11) is 0. The van der Waals surface area contributed by atoms with Crippen molar-refractivity contribution in [1.29, 1.82) is 0 Å². The number of nitrogens with zero attached hydrogens (tertiary/aromatic N) is 2. The summed E-state index contributed by atoms with van der Waals surface area (Å²) in [6.07, 6.45) is 8.60. The van der Waals surface area contributed by atoms with E-state index in [1.54, 1.807) is 16.2 Å². The number of benzene rings is 2. The summed E-state index contributed by atoms with van der Waals surface area (Å²) < 4.78 is 0. The van der Waals surface area contributed by atoms with Gasteiger partial charge in [0.25, 0.3) is 0 Å². The van der Waals surface area contributed by atoms with Crippen LogP contribution in [0, 0.1) is 0 Å². The molecular formula is C25H29N5OS. The lowest BCUT2D eigenvalue weighted by Crippen LogP contribution is -2.34. The van der Waals surface area contributed by atoms with Crippen molar-refractivity contribution in [3.8, 4) is 0 Å². The first-order valence-electron chi connectivity index (χ1n) is 11.0. The zero-order valence-electron chi connectivity index (χ0n) is 18.3. The van der Waals surface area contributed by atoms with Crippen LogP contribution in [0.4, 0.5) is 21.3 Å². The molecule has 0 saturated heterocycles. The number of nitrogens with two attached hydrogens (primary N) is 2. The van der Waals surface area contributed by atoms with E-state index in [4.69, 9.17) is 11.5 Å². The number of urea groups is 1. The van der Waals surface area contributed by atoms with Gasteiger partial charge in [-0.2, -0.15) is 0 Å². The normalized spacial score (nSPS) is 16.2. The van der Waals surface area contributed by atoms with Gasteiger partial charge in [0.2, 0.25) is 0 Å². The van der Waals surface area contributed by atoms with Crippen molar-refractivity contribution < 1.29 is 4.79 Å². The van der Waals surface area contributed by atoms with E-state index in [2.05, 4.69) is 17.2 Å². The Bertz CT molecular complexity index is 1070. The number of fused-ring (bicyclic) bond motifs is 3. The molecule has 32 heavy (non-hydrogen) atoms. The number of primary amides is 1. The minimum Gasteiger partial charge on any atom is -0.375 e. The van der Waals surface area contributed by atoms with E-state index in [1.807, 2.05) is 60.7 Å². The third-order valence-electron chi connectivity index (χ3n) is 5.66. The fourth-order valence-electron chi connectivity index (χ4n) is 4.13. The van der Waals surface area contributed by atoms with E-state index in [0.29, 0.717) is 6.04 Å². The lowest BCUT2D eigenvalue weighted by atomic mass is 9.98. The van der Waals surface area contributed by atoms with Crippen LogP contribution in [0.25, 0.3) is 12.2 Å². The summed E-state index contributed by atoms with van der Waals surface area (Å²) in [5.74, 6) is 0. The molecular weight excluding hydrogens is 418 g/mol. The van der Waals surface area contributed by atoms with Crippen LogP contribution in [0.15, 0.2) is 48.5 Å². The minimum absolute atomic E-state index is 0.474. The van der Waals surface area contributed by atoms with Gasteiger partial charge in [0.15, 0.2) is 5.13 Å². The maximum absolute atomic E-state index is 11.8. The van der Waals surface area contributed by atoms with Crippen molar-refractivity contribution in [2.45, 2.75) is 38.6 Å². The highest BCUT2D eigenvalue weighted by Crippen LogP contribution is 2.35. The van der Waals surface area contributed by atoms with Crippen LogP contribution in [-0.2, 0) is 12.8 Å². The predicted octanol–water partition coefficient (Wildman–Crippen LogP) is 4.97. The van der Waals surface area contributed by atoms with Gasteiger partial charge in [-0.15, -0.1) is 11.3 Å². The number of thiazole rings is 1. The summed E-state index contributed by atoms with van der Waals surface area (Å²) in [6.45, 7) is 3.32. The van der Waals surface area contributed by atoms with Crippen LogP contribution < -0.4 is 21.7 Å². The van der Waals surface area contributed by atoms with Crippen molar-refractivity contribution in [3.05, 3.63) is 70.2 Å². The van der Waals surface area contributed by atoms with Crippen LogP contribution in [0.1, 0.15) is 41.5 Å². The lowest BCUT2D eigenvalue weighted by Gasteiger charge is -2.22. The van der Waals surface area contributed by atoms with E-state index in [-0.39, 0.29) is 0 Å². The molecule has 5 N–H and O–H groups in total. The van der Waals surface area contributed by atoms with Crippen LogP contribution >= 0.6 is 11.3 Å². The molecule has 1 aliphatic heterocycles. The summed E-state index contributed by atoms with van der Waals surface area (Å²) in [5.41, 5.74) is 16.0. The molecule has 0 spiro atoms. The van der Waals surface area contributed by atoms with E-state index in [9.17, 15) is 4.79 Å². The number of nitrogen functional groups attached to an aromatic ring is 1. The molecule has 0 saturated carbocycles. The van der Waals surface area contributed by atoms with Gasteiger partial charge < -0.3 is 16.8 Å². The number of carbonyl (C=O) groups is 1. The second kappa shape index (κ2) is 9.97. The Kier molecular flexibility index (Phi) is 6.87. The number of anilines is 3. The second-order valence-electron chi connectivity index (χ2n) is 7.94. The van der Waals surface area contributed by atoms with Gasteiger partial charge in [-0.1, -0.05) is 55.5 Å². The van der Waals surface area contributed by atoms with Gasteiger partial charge in [-0.25, -0.2) is 9.78 Å². The third kappa shape index (κ3) is 4.84. The number of hydrogen-bond donors (Lipinski definition) is 3. The Morgan fingerprint density at radius 1 is 1.12 bits per heavy atom. The van der Waals surface area contributed by atoms with Crippen LogP contribution in [-0.4, -0.2) is 23.6 Å². The van der Waals surface area contributed by atoms with Crippen molar-refractivity contribution in [3.63, 3.8) is 0 Å². The van der Waals surface area contributed by atoms with Crippen LogP contribution in [0.5, 0.6) is 0 Å². The monoisotopic (exact) mass is 447 g/mol. The smallest absolute Gasteiger partial charge is 0.323 e. The van der Waals surface area contributed by atoms with Gasteiger partial charge in [-0.05, 0) is 55.5 Å². The van der Waals surface area contributed by atoms with E-state index >= 15 is 0 Å². The molecule has 0 bridgehead atoms. The SMILES string of the molecule is CCCN[C@H]1CCc2nc(N)sc2C1.NC(=O)N1c2ccccc2C=Cc2ccccc21. The van der Waals surface area contributed by atoms with Crippen molar-refractivity contribution in [2.24, 2.45) is 5.73 Å². The Hall–Kier alpha value is -3.16. The van der Waals surface area contributed by atoms with Crippen LogP contribution in [0.2, 0.25) is 0 Å². The third-order valence-corrected chi connectivity index (χ3v) is 6.61. The molecule has 0 unspecified atom stereocenters. The van der Waals surface area contributed by atoms with Gasteiger partial charge in [0.05, 0.1) is 17.1 Å². The number of hydrogen-bond acceptors (Lipinski definition) is 5. The molecule has 2 aliphatic rings. The first-order valence-corrected chi connectivity index (χ1v) is 11.8. The largest absolute Gasteiger partial charge is 0.375 e.